The summed E-state index contributed by atoms with van der Waals surface area (Å²) in [5.74, 6) is 0.684. The average Bonchev–Trinajstić information content (AvgIpc) is 2.30. The molecule has 2 rings (SSSR count). The molecule has 4 heteroatoms. The van der Waals surface area contributed by atoms with Crippen LogP contribution >= 0.6 is 0 Å². The van der Waals surface area contributed by atoms with Crippen LogP contribution in [-0.4, -0.2) is 34.3 Å². The maximum Gasteiger partial charge on any atom is 0.248 e. The van der Waals surface area contributed by atoms with Crippen molar-refractivity contribution in [2.45, 2.75) is 77.4 Å². The highest BCUT2D eigenvalue weighted by Gasteiger charge is 2.49. The first-order valence-corrected chi connectivity index (χ1v) is 7.59. The smallest absolute Gasteiger partial charge is 0.248 e. The van der Waals surface area contributed by atoms with Crippen molar-refractivity contribution in [3.63, 3.8) is 0 Å². The molecule has 1 saturated heterocycles. The zero-order valence-corrected chi connectivity index (χ0v) is 12.5. The van der Waals surface area contributed by atoms with Crippen molar-refractivity contribution in [2.24, 2.45) is 5.92 Å². The van der Waals surface area contributed by atoms with E-state index in [0.29, 0.717) is 18.8 Å². The number of piperazine rings is 1. The van der Waals surface area contributed by atoms with Gasteiger partial charge in [0.15, 0.2) is 0 Å². The van der Waals surface area contributed by atoms with Crippen LogP contribution in [0.25, 0.3) is 0 Å². The zero-order valence-electron chi connectivity index (χ0n) is 12.5. The van der Waals surface area contributed by atoms with Crippen LogP contribution in [-0.2, 0) is 9.59 Å². The van der Waals surface area contributed by atoms with E-state index >= 15 is 0 Å². The molecule has 0 spiro atoms. The van der Waals surface area contributed by atoms with Gasteiger partial charge in [-0.2, -0.15) is 0 Å². The van der Waals surface area contributed by atoms with Gasteiger partial charge >= 0.3 is 0 Å². The summed E-state index contributed by atoms with van der Waals surface area (Å²) in [5, 5.41) is 2.92. The number of hydrogen-bond donors (Lipinski definition) is 1. The number of carbonyl (C=O) groups excluding carboxylic acids is 2. The van der Waals surface area contributed by atoms with E-state index in [-0.39, 0.29) is 23.9 Å². The Hall–Kier alpha value is -1.06. The molecule has 0 radical (unpaired) electrons. The third-order valence-corrected chi connectivity index (χ3v) is 5.11. The molecule has 0 aromatic rings. The zero-order chi connectivity index (χ0) is 14.2. The third-order valence-electron chi connectivity index (χ3n) is 5.11. The highest BCUT2D eigenvalue weighted by Crippen LogP contribution is 2.35. The summed E-state index contributed by atoms with van der Waals surface area (Å²) in [6.07, 6.45) is 4.96. The van der Waals surface area contributed by atoms with E-state index in [1.807, 2.05) is 25.7 Å². The standard InChI is InChI=1S/C15H26N2O2/c1-5-12-13(18)16-15(4,6-2)14(19)17(12)10(3)11-8-7-9-11/h10-12H,5-9H2,1-4H3,(H,16,18). The van der Waals surface area contributed by atoms with Crippen LogP contribution in [0.4, 0.5) is 0 Å². The fourth-order valence-electron chi connectivity index (χ4n) is 3.20. The molecular formula is C15H26N2O2. The molecule has 1 aliphatic heterocycles. The first-order chi connectivity index (χ1) is 8.94. The quantitative estimate of drug-likeness (QED) is 0.847. The van der Waals surface area contributed by atoms with E-state index in [9.17, 15) is 9.59 Å². The minimum atomic E-state index is -0.721. The second kappa shape index (κ2) is 5.14. The van der Waals surface area contributed by atoms with Gasteiger partial charge in [0.25, 0.3) is 0 Å². The Labute approximate surface area is 115 Å². The maximum atomic E-state index is 12.8. The van der Waals surface area contributed by atoms with Gasteiger partial charge < -0.3 is 10.2 Å². The molecule has 108 valence electrons. The number of nitrogens with one attached hydrogen (secondary N) is 1. The topological polar surface area (TPSA) is 49.4 Å². The SMILES string of the molecule is CCC1C(=O)NC(C)(CC)C(=O)N1C(C)C1CCC1. The highest BCUT2D eigenvalue weighted by atomic mass is 16.2. The van der Waals surface area contributed by atoms with Gasteiger partial charge in [-0.15, -0.1) is 0 Å². The Morgan fingerprint density at radius 1 is 1.37 bits per heavy atom. The van der Waals surface area contributed by atoms with Crippen molar-refractivity contribution < 1.29 is 9.59 Å². The summed E-state index contributed by atoms with van der Waals surface area (Å²) in [4.78, 5) is 27.0. The normalized spacial score (nSPS) is 33.9. The summed E-state index contributed by atoms with van der Waals surface area (Å²) < 4.78 is 0. The van der Waals surface area contributed by atoms with Gasteiger partial charge in [0, 0.05) is 6.04 Å². The van der Waals surface area contributed by atoms with Crippen molar-refractivity contribution in [3.05, 3.63) is 0 Å². The lowest BCUT2D eigenvalue weighted by molar-refractivity contribution is -0.159. The Morgan fingerprint density at radius 3 is 2.42 bits per heavy atom. The molecule has 1 saturated carbocycles. The second-order valence-corrected chi connectivity index (χ2v) is 6.24. The van der Waals surface area contributed by atoms with Crippen LogP contribution in [0.2, 0.25) is 0 Å². The lowest BCUT2D eigenvalue weighted by Gasteiger charge is -2.49. The summed E-state index contributed by atoms with van der Waals surface area (Å²) in [5.41, 5.74) is -0.721. The number of nitrogens with zero attached hydrogens (tertiary/aromatic N) is 1. The van der Waals surface area contributed by atoms with Crippen LogP contribution in [0.3, 0.4) is 0 Å². The van der Waals surface area contributed by atoms with E-state index in [0.717, 1.165) is 0 Å². The molecule has 0 aromatic carbocycles. The van der Waals surface area contributed by atoms with Gasteiger partial charge in [-0.25, -0.2) is 0 Å². The fourth-order valence-corrected chi connectivity index (χ4v) is 3.20. The van der Waals surface area contributed by atoms with Crippen molar-refractivity contribution in [1.29, 1.82) is 0 Å². The lowest BCUT2D eigenvalue weighted by atomic mass is 9.78. The monoisotopic (exact) mass is 266 g/mol. The Kier molecular flexibility index (Phi) is 3.88. The molecule has 2 aliphatic rings. The van der Waals surface area contributed by atoms with Gasteiger partial charge in [-0.3, -0.25) is 9.59 Å². The van der Waals surface area contributed by atoms with Crippen molar-refractivity contribution in [3.8, 4) is 0 Å². The van der Waals surface area contributed by atoms with E-state index in [1.165, 1.54) is 19.3 Å². The molecule has 0 bridgehead atoms. The summed E-state index contributed by atoms with van der Waals surface area (Å²) in [6, 6.07) is -0.106. The molecule has 3 unspecified atom stereocenters. The van der Waals surface area contributed by atoms with E-state index in [1.54, 1.807) is 0 Å². The van der Waals surface area contributed by atoms with Crippen LogP contribution in [0.15, 0.2) is 0 Å². The number of rotatable bonds is 4. The Morgan fingerprint density at radius 2 is 2.00 bits per heavy atom. The fraction of sp³-hybridized carbons (Fsp3) is 0.867. The predicted octanol–water partition coefficient (Wildman–Crippen LogP) is 2.08. The van der Waals surface area contributed by atoms with Gasteiger partial charge in [0.2, 0.25) is 11.8 Å². The number of hydrogen-bond acceptors (Lipinski definition) is 2. The highest BCUT2D eigenvalue weighted by molar-refractivity contribution is 5.99. The molecule has 1 N–H and O–H groups in total. The Balaban J connectivity index is 2.28. The van der Waals surface area contributed by atoms with Crippen LogP contribution in [0.1, 0.15) is 59.8 Å². The predicted molar refractivity (Wildman–Crippen MR) is 74.6 cm³/mol. The molecular weight excluding hydrogens is 240 g/mol. The molecule has 19 heavy (non-hydrogen) atoms. The molecule has 2 amide bonds. The first-order valence-electron chi connectivity index (χ1n) is 7.59. The minimum absolute atomic E-state index is 0.0117. The Bertz CT molecular complexity index is 378. The largest absolute Gasteiger partial charge is 0.340 e. The van der Waals surface area contributed by atoms with Gasteiger partial charge in [-0.1, -0.05) is 20.3 Å². The lowest BCUT2D eigenvalue weighted by Crippen LogP contribution is -2.71. The molecule has 4 nitrogen and oxygen atoms in total. The van der Waals surface area contributed by atoms with Crippen LogP contribution in [0, 0.1) is 5.92 Å². The van der Waals surface area contributed by atoms with Gasteiger partial charge in [-0.05, 0) is 45.4 Å². The van der Waals surface area contributed by atoms with Crippen LogP contribution < -0.4 is 5.32 Å². The molecule has 3 atom stereocenters. The minimum Gasteiger partial charge on any atom is -0.340 e. The maximum absolute atomic E-state index is 12.8. The van der Waals surface area contributed by atoms with Crippen molar-refractivity contribution in [2.75, 3.05) is 0 Å². The molecule has 1 heterocycles. The van der Waals surface area contributed by atoms with E-state index < -0.39 is 5.54 Å². The molecule has 1 aliphatic carbocycles. The summed E-state index contributed by atoms with van der Waals surface area (Å²) >= 11 is 0. The second-order valence-electron chi connectivity index (χ2n) is 6.24. The van der Waals surface area contributed by atoms with E-state index in [2.05, 4.69) is 12.2 Å². The van der Waals surface area contributed by atoms with Crippen molar-refractivity contribution in [1.82, 2.24) is 10.2 Å². The number of carbonyl (C=O) groups is 2. The molecule has 0 aromatic heterocycles. The van der Waals surface area contributed by atoms with E-state index in [4.69, 9.17) is 0 Å². The average molecular weight is 266 g/mol. The summed E-state index contributed by atoms with van der Waals surface area (Å²) in [6.45, 7) is 7.89. The van der Waals surface area contributed by atoms with Crippen LogP contribution in [0.5, 0.6) is 0 Å². The first kappa shape index (κ1) is 14.4. The third kappa shape index (κ3) is 2.26. The van der Waals surface area contributed by atoms with Gasteiger partial charge in [0.1, 0.15) is 11.6 Å². The molecule has 2 fully saturated rings. The van der Waals surface area contributed by atoms with Crippen molar-refractivity contribution >= 4 is 11.8 Å². The summed E-state index contributed by atoms with van der Waals surface area (Å²) in [7, 11) is 0. The number of amides is 2. The van der Waals surface area contributed by atoms with Gasteiger partial charge in [0.05, 0.1) is 0 Å².